The molecule has 3 aromatic rings. The summed E-state index contributed by atoms with van der Waals surface area (Å²) in [5, 5.41) is 9.71. The van der Waals surface area contributed by atoms with Gasteiger partial charge in [0.15, 0.2) is 5.65 Å². The van der Waals surface area contributed by atoms with Gasteiger partial charge in [-0.2, -0.15) is 18.3 Å². The van der Waals surface area contributed by atoms with Gasteiger partial charge in [-0.15, -0.1) is 0 Å². The molecule has 0 spiro atoms. The maximum Gasteiger partial charge on any atom is 0.416 e. The summed E-state index contributed by atoms with van der Waals surface area (Å²) < 4.78 is 38.2. The molecule has 1 amide bonds. The SMILES string of the molecule is O=C(Nc1[nH]nc2ncc(Br)cc12)c1ccc(C(F)(F)F)cc1. The molecule has 0 aliphatic carbocycles. The zero-order valence-electron chi connectivity index (χ0n) is 11.3. The minimum Gasteiger partial charge on any atom is -0.306 e. The quantitative estimate of drug-likeness (QED) is 0.701. The molecule has 3 rings (SSSR count). The van der Waals surface area contributed by atoms with E-state index in [4.69, 9.17) is 0 Å². The van der Waals surface area contributed by atoms with Gasteiger partial charge in [-0.3, -0.25) is 9.89 Å². The molecule has 0 aliphatic heterocycles. The van der Waals surface area contributed by atoms with Gasteiger partial charge < -0.3 is 5.32 Å². The number of pyridine rings is 1. The summed E-state index contributed by atoms with van der Waals surface area (Å²) in [5.41, 5.74) is -0.297. The predicted molar refractivity (Wildman–Crippen MR) is 81.0 cm³/mol. The fourth-order valence-corrected chi connectivity index (χ4v) is 2.30. The van der Waals surface area contributed by atoms with Crippen LogP contribution in [0.15, 0.2) is 41.0 Å². The van der Waals surface area contributed by atoms with Crippen molar-refractivity contribution in [2.45, 2.75) is 6.18 Å². The Morgan fingerprint density at radius 3 is 2.57 bits per heavy atom. The number of nitrogens with one attached hydrogen (secondary N) is 2. The van der Waals surface area contributed by atoms with E-state index in [-0.39, 0.29) is 5.56 Å². The van der Waals surface area contributed by atoms with E-state index in [0.717, 1.165) is 24.3 Å². The van der Waals surface area contributed by atoms with Crippen molar-refractivity contribution < 1.29 is 18.0 Å². The summed E-state index contributed by atoms with van der Waals surface area (Å²) in [6.07, 6.45) is -2.88. The number of carbonyl (C=O) groups is 1. The van der Waals surface area contributed by atoms with E-state index < -0.39 is 17.6 Å². The van der Waals surface area contributed by atoms with Crippen molar-refractivity contribution >= 4 is 38.7 Å². The highest BCUT2D eigenvalue weighted by atomic mass is 79.9. The number of aromatic amines is 1. The molecule has 2 N–H and O–H groups in total. The zero-order valence-corrected chi connectivity index (χ0v) is 12.9. The Morgan fingerprint density at radius 2 is 1.91 bits per heavy atom. The first-order chi connectivity index (χ1) is 10.8. The van der Waals surface area contributed by atoms with Crippen LogP contribution in [-0.4, -0.2) is 21.1 Å². The van der Waals surface area contributed by atoms with Gasteiger partial charge in [0, 0.05) is 16.2 Å². The van der Waals surface area contributed by atoms with Crippen LogP contribution < -0.4 is 5.32 Å². The molecule has 0 radical (unpaired) electrons. The Balaban J connectivity index is 1.84. The van der Waals surface area contributed by atoms with Crippen LogP contribution in [0.25, 0.3) is 11.0 Å². The van der Waals surface area contributed by atoms with Gasteiger partial charge >= 0.3 is 6.18 Å². The number of rotatable bonds is 2. The lowest BCUT2D eigenvalue weighted by atomic mass is 10.1. The van der Waals surface area contributed by atoms with E-state index >= 15 is 0 Å². The molecule has 0 saturated heterocycles. The summed E-state index contributed by atoms with van der Waals surface area (Å²) in [6, 6.07) is 5.67. The van der Waals surface area contributed by atoms with Crippen molar-refractivity contribution in [2.24, 2.45) is 0 Å². The molecule has 0 aliphatic rings. The van der Waals surface area contributed by atoms with Gasteiger partial charge in [-0.1, -0.05) is 0 Å². The Kier molecular flexibility index (Phi) is 3.80. The molecule has 5 nitrogen and oxygen atoms in total. The zero-order chi connectivity index (χ0) is 16.6. The van der Waals surface area contributed by atoms with Crippen LogP contribution >= 0.6 is 15.9 Å². The van der Waals surface area contributed by atoms with Gasteiger partial charge in [0.2, 0.25) is 0 Å². The molecule has 0 saturated carbocycles. The van der Waals surface area contributed by atoms with Crippen molar-refractivity contribution in [1.82, 2.24) is 15.2 Å². The van der Waals surface area contributed by atoms with Crippen LogP contribution in [0.1, 0.15) is 15.9 Å². The number of carbonyl (C=O) groups excluding carboxylic acids is 1. The lowest BCUT2D eigenvalue weighted by Gasteiger charge is -2.07. The molecule has 1 aromatic carbocycles. The third-order valence-electron chi connectivity index (χ3n) is 3.09. The predicted octanol–water partition coefficient (Wildman–Crippen LogP) is 3.99. The van der Waals surface area contributed by atoms with Crippen LogP contribution in [0.2, 0.25) is 0 Å². The number of nitrogens with zero attached hydrogens (tertiary/aromatic N) is 2. The minimum atomic E-state index is -4.44. The first kappa shape index (κ1) is 15.5. The van der Waals surface area contributed by atoms with E-state index in [9.17, 15) is 18.0 Å². The maximum absolute atomic E-state index is 12.5. The van der Waals surface area contributed by atoms with Crippen LogP contribution in [0.3, 0.4) is 0 Å². The highest BCUT2D eigenvalue weighted by Gasteiger charge is 2.30. The topological polar surface area (TPSA) is 70.7 Å². The highest BCUT2D eigenvalue weighted by molar-refractivity contribution is 9.10. The summed E-state index contributed by atoms with van der Waals surface area (Å²) in [4.78, 5) is 16.2. The first-order valence-corrected chi connectivity index (χ1v) is 7.12. The molecular weight excluding hydrogens is 377 g/mol. The monoisotopic (exact) mass is 384 g/mol. The van der Waals surface area contributed by atoms with Gasteiger partial charge in [0.1, 0.15) is 5.82 Å². The summed E-state index contributed by atoms with van der Waals surface area (Å²) in [7, 11) is 0. The van der Waals surface area contributed by atoms with Crippen molar-refractivity contribution in [2.75, 3.05) is 5.32 Å². The minimum absolute atomic E-state index is 0.101. The normalized spacial score (nSPS) is 11.7. The molecule has 0 bridgehead atoms. The van der Waals surface area contributed by atoms with Crippen LogP contribution in [0, 0.1) is 0 Å². The maximum atomic E-state index is 12.5. The number of anilines is 1. The van der Waals surface area contributed by atoms with Crippen LogP contribution in [0.4, 0.5) is 19.0 Å². The van der Waals surface area contributed by atoms with E-state index in [1.807, 2.05) is 0 Å². The van der Waals surface area contributed by atoms with E-state index in [1.54, 1.807) is 12.3 Å². The number of alkyl halides is 3. The summed E-state index contributed by atoms with van der Waals surface area (Å²) in [6.45, 7) is 0. The van der Waals surface area contributed by atoms with Crippen LogP contribution in [0.5, 0.6) is 0 Å². The second-order valence-corrected chi connectivity index (χ2v) is 5.57. The number of halogens is 4. The van der Waals surface area contributed by atoms with Crippen LogP contribution in [-0.2, 0) is 6.18 Å². The Morgan fingerprint density at radius 1 is 1.22 bits per heavy atom. The standard InChI is InChI=1S/C14H8BrF3N4O/c15-9-5-10-11(19-6-9)21-22-12(10)20-13(23)7-1-3-8(4-2-7)14(16,17)18/h1-6H,(H2,19,20,21,22,23). The molecule has 2 heterocycles. The molecule has 2 aromatic heterocycles. The third-order valence-corrected chi connectivity index (χ3v) is 3.52. The number of benzene rings is 1. The number of hydrogen-bond acceptors (Lipinski definition) is 3. The van der Waals surface area contributed by atoms with Crippen molar-refractivity contribution in [1.29, 1.82) is 0 Å². The van der Waals surface area contributed by atoms with E-state index in [0.29, 0.717) is 21.3 Å². The van der Waals surface area contributed by atoms with E-state index in [1.165, 1.54) is 0 Å². The van der Waals surface area contributed by atoms with Gasteiger partial charge in [0.25, 0.3) is 5.91 Å². The summed E-state index contributed by atoms with van der Waals surface area (Å²) in [5.74, 6) is -0.233. The van der Waals surface area contributed by atoms with E-state index in [2.05, 4.69) is 36.4 Å². The fourth-order valence-electron chi connectivity index (χ4n) is 1.97. The number of H-pyrrole nitrogens is 1. The Hall–Kier alpha value is -2.42. The molecule has 23 heavy (non-hydrogen) atoms. The Bertz CT molecular complexity index is 874. The third kappa shape index (κ3) is 3.19. The molecule has 9 heteroatoms. The van der Waals surface area contributed by atoms with Crippen molar-refractivity contribution in [3.05, 3.63) is 52.1 Å². The lowest BCUT2D eigenvalue weighted by molar-refractivity contribution is -0.137. The second kappa shape index (κ2) is 5.65. The average molecular weight is 385 g/mol. The number of hydrogen-bond donors (Lipinski definition) is 2. The molecule has 118 valence electrons. The van der Waals surface area contributed by atoms with Gasteiger partial charge in [0.05, 0.1) is 10.9 Å². The molecule has 0 unspecified atom stereocenters. The summed E-state index contributed by atoms with van der Waals surface area (Å²) >= 11 is 3.27. The van der Waals surface area contributed by atoms with Crippen molar-refractivity contribution in [3.8, 4) is 0 Å². The highest BCUT2D eigenvalue weighted by Crippen LogP contribution is 2.29. The van der Waals surface area contributed by atoms with Crippen molar-refractivity contribution in [3.63, 3.8) is 0 Å². The molecule has 0 atom stereocenters. The molecular formula is C14H8BrF3N4O. The van der Waals surface area contributed by atoms with Gasteiger partial charge in [-0.25, -0.2) is 4.98 Å². The average Bonchev–Trinajstić information content (AvgIpc) is 2.89. The first-order valence-electron chi connectivity index (χ1n) is 6.33. The number of amides is 1. The Labute approximate surface area is 136 Å². The lowest BCUT2D eigenvalue weighted by Crippen LogP contribution is -2.13. The smallest absolute Gasteiger partial charge is 0.306 e. The number of fused-ring (bicyclic) bond motifs is 1. The number of aromatic nitrogens is 3. The fraction of sp³-hybridized carbons (Fsp3) is 0.0714. The molecule has 0 fully saturated rings. The van der Waals surface area contributed by atoms with Gasteiger partial charge in [-0.05, 0) is 46.3 Å². The largest absolute Gasteiger partial charge is 0.416 e. The second-order valence-electron chi connectivity index (χ2n) is 4.65.